The molecule has 2 aromatic rings. The minimum atomic E-state index is 0.142. The van der Waals surface area contributed by atoms with Crippen LogP contribution in [0.3, 0.4) is 0 Å². The third kappa shape index (κ3) is 3.64. The van der Waals surface area contributed by atoms with Crippen molar-refractivity contribution in [1.29, 1.82) is 0 Å². The first-order valence-corrected chi connectivity index (χ1v) is 6.34. The number of halogens is 1. The van der Waals surface area contributed by atoms with E-state index in [0.717, 1.165) is 6.54 Å². The van der Waals surface area contributed by atoms with Crippen LogP contribution < -0.4 is 4.90 Å². The van der Waals surface area contributed by atoms with Gasteiger partial charge in [-0.3, -0.25) is 4.57 Å². The Kier molecular flexibility index (Phi) is 3.71. The molecule has 0 unspecified atom stereocenters. The van der Waals surface area contributed by atoms with Crippen molar-refractivity contribution in [3.05, 3.63) is 24.0 Å². The third-order valence-corrected chi connectivity index (χ3v) is 2.54. The van der Waals surface area contributed by atoms with Gasteiger partial charge in [0.05, 0.1) is 0 Å². The second-order valence-electron chi connectivity index (χ2n) is 5.59. The molecule has 0 saturated carbocycles. The summed E-state index contributed by atoms with van der Waals surface area (Å²) in [6.45, 7) is 7.28. The summed E-state index contributed by atoms with van der Waals surface area (Å²) in [6.07, 6.45) is 5.05. The zero-order valence-electron chi connectivity index (χ0n) is 11.5. The highest BCUT2D eigenvalue weighted by atomic mass is 35.5. The summed E-state index contributed by atoms with van der Waals surface area (Å²) >= 11 is 5.96. The fraction of sp³-hybridized carbons (Fsp3) is 0.500. The Bertz CT molecular complexity index is 546. The lowest BCUT2D eigenvalue weighted by Crippen LogP contribution is -2.30. The number of imidazole rings is 1. The van der Waals surface area contributed by atoms with Gasteiger partial charge in [0.25, 0.3) is 0 Å². The molecular formula is C12H17ClN6. The summed E-state index contributed by atoms with van der Waals surface area (Å²) in [5.74, 6) is 1.02. The first-order valence-electron chi connectivity index (χ1n) is 5.96. The Labute approximate surface area is 117 Å². The van der Waals surface area contributed by atoms with Gasteiger partial charge >= 0.3 is 0 Å². The fourth-order valence-corrected chi connectivity index (χ4v) is 1.93. The molecule has 0 radical (unpaired) electrons. The maximum atomic E-state index is 5.96. The van der Waals surface area contributed by atoms with Gasteiger partial charge in [0.15, 0.2) is 0 Å². The molecule has 0 N–H and O–H groups in total. The molecule has 0 aliphatic carbocycles. The number of anilines is 1. The van der Waals surface area contributed by atoms with E-state index in [1.807, 2.05) is 11.9 Å². The summed E-state index contributed by atoms with van der Waals surface area (Å²) in [6, 6.07) is 0. The largest absolute Gasteiger partial charge is 0.343 e. The van der Waals surface area contributed by atoms with E-state index in [-0.39, 0.29) is 10.7 Å². The Balaban J connectivity index is 2.32. The van der Waals surface area contributed by atoms with Gasteiger partial charge in [-0.1, -0.05) is 20.8 Å². The fourth-order valence-electron chi connectivity index (χ4n) is 1.78. The van der Waals surface area contributed by atoms with E-state index in [1.54, 1.807) is 23.3 Å². The molecular weight excluding hydrogens is 264 g/mol. The van der Waals surface area contributed by atoms with Gasteiger partial charge in [0, 0.05) is 26.0 Å². The maximum absolute atomic E-state index is 5.96. The molecule has 0 fully saturated rings. The highest BCUT2D eigenvalue weighted by molar-refractivity contribution is 6.28. The monoisotopic (exact) mass is 280 g/mol. The van der Waals surface area contributed by atoms with Crippen LogP contribution in [0.5, 0.6) is 0 Å². The zero-order chi connectivity index (χ0) is 14.0. The quantitative estimate of drug-likeness (QED) is 0.862. The summed E-state index contributed by atoms with van der Waals surface area (Å²) in [7, 11) is 1.94. The molecule has 0 aliphatic rings. The smallest absolute Gasteiger partial charge is 0.241 e. The summed E-state index contributed by atoms with van der Waals surface area (Å²) in [4.78, 5) is 18.6. The number of hydrogen-bond donors (Lipinski definition) is 0. The Morgan fingerprint density at radius 2 is 2.00 bits per heavy atom. The second-order valence-corrected chi connectivity index (χ2v) is 5.93. The van der Waals surface area contributed by atoms with Crippen molar-refractivity contribution >= 4 is 17.5 Å². The second kappa shape index (κ2) is 5.13. The van der Waals surface area contributed by atoms with Gasteiger partial charge in [0.1, 0.15) is 6.33 Å². The Hall–Kier alpha value is -1.69. The maximum Gasteiger partial charge on any atom is 0.241 e. The van der Waals surface area contributed by atoms with E-state index in [0.29, 0.717) is 11.9 Å². The van der Waals surface area contributed by atoms with Gasteiger partial charge in [-0.25, -0.2) is 4.98 Å². The van der Waals surface area contributed by atoms with Crippen molar-refractivity contribution in [3.63, 3.8) is 0 Å². The van der Waals surface area contributed by atoms with Crippen molar-refractivity contribution < 1.29 is 0 Å². The van der Waals surface area contributed by atoms with E-state index in [4.69, 9.17) is 11.6 Å². The van der Waals surface area contributed by atoms with E-state index in [2.05, 4.69) is 40.7 Å². The molecule has 7 heteroatoms. The predicted molar refractivity (Wildman–Crippen MR) is 74.7 cm³/mol. The van der Waals surface area contributed by atoms with Crippen molar-refractivity contribution in [3.8, 4) is 5.95 Å². The topological polar surface area (TPSA) is 59.7 Å². The van der Waals surface area contributed by atoms with E-state index < -0.39 is 0 Å². The average molecular weight is 281 g/mol. The van der Waals surface area contributed by atoms with Crippen molar-refractivity contribution in [2.24, 2.45) is 5.41 Å². The lowest BCUT2D eigenvalue weighted by molar-refractivity contribution is 0.416. The van der Waals surface area contributed by atoms with Crippen molar-refractivity contribution in [2.45, 2.75) is 20.8 Å². The molecule has 2 heterocycles. The van der Waals surface area contributed by atoms with Crippen LogP contribution in [-0.4, -0.2) is 38.1 Å². The lowest BCUT2D eigenvalue weighted by Gasteiger charge is -2.26. The first-order chi connectivity index (χ1) is 8.85. The SMILES string of the molecule is CN(CC(C)(C)C)c1nc(Cl)nc(-n2ccnc2)n1. The molecule has 0 saturated heterocycles. The van der Waals surface area contributed by atoms with Crippen LogP contribution in [0.15, 0.2) is 18.7 Å². The van der Waals surface area contributed by atoms with Crippen molar-refractivity contribution in [2.75, 3.05) is 18.5 Å². The summed E-state index contributed by atoms with van der Waals surface area (Å²) in [5.41, 5.74) is 0.142. The molecule has 19 heavy (non-hydrogen) atoms. The van der Waals surface area contributed by atoms with Gasteiger partial charge in [-0.15, -0.1) is 0 Å². The molecule has 0 aliphatic heterocycles. The van der Waals surface area contributed by atoms with Crippen LogP contribution >= 0.6 is 11.6 Å². The number of aromatic nitrogens is 5. The normalized spacial score (nSPS) is 11.6. The molecule has 0 spiro atoms. The minimum Gasteiger partial charge on any atom is -0.343 e. The van der Waals surface area contributed by atoms with Crippen molar-refractivity contribution in [1.82, 2.24) is 24.5 Å². The van der Waals surface area contributed by atoms with Gasteiger partial charge in [-0.05, 0) is 17.0 Å². The Morgan fingerprint density at radius 3 is 2.58 bits per heavy atom. The molecule has 0 amide bonds. The standard InChI is InChI=1S/C12H17ClN6/c1-12(2,3)7-18(4)10-15-9(13)16-11(17-10)19-6-5-14-8-19/h5-6,8H,7H2,1-4H3. The average Bonchev–Trinajstić information content (AvgIpc) is 2.79. The number of rotatable bonds is 3. The molecule has 102 valence electrons. The molecule has 0 aromatic carbocycles. The minimum absolute atomic E-state index is 0.142. The third-order valence-electron chi connectivity index (χ3n) is 2.37. The molecule has 0 bridgehead atoms. The molecule has 0 atom stereocenters. The molecule has 6 nitrogen and oxygen atoms in total. The van der Waals surface area contributed by atoms with Gasteiger partial charge in [0.2, 0.25) is 17.2 Å². The van der Waals surface area contributed by atoms with Crippen LogP contribution in [0.2, 0.25) is 5.28 Å². The van der Waals surface area contributed by atoms with E-state index >= 15 is 0 Å². The van der Waals surface area contributed by atoms with Crippen LogP contribution in [0.1, 0.15) is 20.8 Å². The summed E-state index contributed by atoms with van der Waals surface area (Å²) < 4.78 is 1.70. The zero-order valence-corrected chi connectivity index (χ0v) is 12.3. The molecule has 2 rings (SSSR count). The van der Waals surface area contributed by atoms with Gasteiger partial charge in [-0.2, -0.15) is 15.0 Å². The van der Waals surface area contributed by atoms with Crippen LogP contribution in [0.25, 0.3) is 5.95 Å². The predicted octanol–water partition coefficient (Wildman–Crippen LogP) is 2.19. The van der Waals surface area contributed by atoms with Gasteiger partial charge < -0.3 is 4.90 Å². The lowest BCUT2D eigenvalue weighted by atomic mass is 9.96. The summed E-state index contributed by atoms with van der Waals surface area (Å²) in [5, 5.41) is 0.175. The number of hydrogen-bond acceptors (Lipinski definition) is 5. The number of nitrogens with zero attached hydrogens (tertiary/aromatic N) is 6. The van der Waals surface area contributed by atoms with Crippen LogP contribution in [0, 0.1) is 5.41 Å². The van der Waals surface area contributed by atoms with E-state index in [9.17, 15) is 0 Å². The highest BCUT2D eigenvalue weighted by Crippen LogP contribution is 2.19. The Morgan fingerprint density at radius 1 is 1.26 bits per heavy atom. The van der Waals surface area contributed by atoms with Crippen LogP contribution in [-0.2, 0) is 0 Å². The van der Waals surface area contributed by atoms with E-state index in [1.165, 1.54) is 0 Å². The first kappa shape index (κ1) is 13.7. The van der Waals surface area contributed by atoms with Crippen LogP contribution in [0.4, 0.5) is 5.95 Å². The highest BCUT2D eigenvalue weighted by Gasteiger charge is 2.17. The molecule has 2 aromatic heterocycles.